The van der Waals surface area contributed by atoms with Crippen LogP contribution in [0.4, 0.5) is 5.69 Å². The number of ether oxygens (including phenoxy) is 1. The third kappa shape index (κ3) is 6.52. The normalized spacial score (nSPS) is 18.7. The van der Waals surface area contributed by atoms with Crippen LogP contribution >= 0.6 is 0 Å². The smallest absolute Gasteiger partial charge is 0.240 e. The molecule has 0 aromatic heterocycles. The number of hydrogen-bond acceptors (Lipinski definition) is 5. The van der Waals surface area contributed by atoms with E-state index in [9.17, 15) is 18.0 Å². The highest BCUT2D eigenvalue weighted by atomic mass is 32.2. The Hall–Kier alpha value is -1.97. The summed E-state index contributed by atoms with van der Waals surface area (Å²) in [5, 5.41) is 2.84. The minimum absolute atomic E-state index is 0.0461. The molecule has 0 bridgehead atoms. The fourth-order valence-corrected chi connectivity index (χ4v) is 4.66. The van der Waals surface area contributed by atoms with Crippen LogP contribution < -0.4 is 10.0 Å². The van der Waals surface area contributed by atoms with E-state index in [1.165, 1.54) is 19.2 Å². The van der Waals surface area contributed by atoms with Crippen LogP contribution in [0, 0.1) is 11.3 Å². The molecule has 30 heavy (non-hydrogen) atoms. The molecular weight excluding hydrogens is 406 g/mol. The lowest BCUT2D eigenvalue weighted by Gasteiger charge is -2.35. The number of piperidine rings is 1. The summed E-state index contributed by atoms with van der Waals surface area (Å²) in [7, 11) is -2.16. The zero-order chi connectivity index (χ0) is 22.5. The van der Waals surface area contributed by atoms with E-state index in [2.05, 4.69) is 10.0 Å². The number of nitrogens with one attached hydrogen (secondary N) is 2. The fourth-order valence-electron chi connectivity index (χ4n) is 3.43. The minimum atomic E-state index is -3.67. The molecule has 2 N–H and O–H groups in total. The number of carbonyl (C=O) groups is 2. The molecular formula is C21H33N3O5S. The molecule has 2 atom stereocenters. The first kappa shape index (κ1) is 24.3. The Balaban J connectivity index is 2.00. The van der Waals surface area contributed by atoms with Gasteiger partial charge in [-0.05, 0) is 44.0 Å². The van der Waals surface area contributed by atoms with Crippen molar-refractivity contribution in [3.05, 3.63) is 24.3 Å². The molecule has 2 amide bonds. The van der Waals surface area contributed by atoms with Crippen LogP contribution in [-0.2, 0) is 24.3 Å². The zero-order valence-corrected chi connectivity index (χ0v) is 19.2. The molecule has 1 aliphatic heterocycles. The molecule has 1 saturated heterocycles. The number of likely N-dealkylation sites (tertiary alicyclic amines) is 1. The van der Waals surface area contributed by atoms with Crippen molar-refractivity contribution in [2.24, 2.45) is 11.3 Å². The Bertz CT molecular complexity index is 846. The van der Waals surface area contributed by atoms with Gasteiger partial charge in [-0.15, -0.1) is 0 Å². The molecule has 2 rings (SSSR count). The van der Waals surface area contributed by atoms with Gasteiger partial charge in [0.1, 0.15) is 0 Å². The van der Waals surface area contributed by atoms with Crippen molar-refractivity contribution in [2.45, 2.75) is 51.5 Å². The van der Waals surface area contributed by atoms with E-state index in [0.29, 0.717) is 25.2 Å². The molecule has 0 radical (unpaired) electrons. The summed E-state index contributed by atoms with van der Waals surface area (Å²) in [4.78, 5) is 27.1. The summed E-state index contributed by atoms with van der Waals surface area (Å²) in [6.45, 7) is 8.67. The SMILES string of the molecule is COCC(C)NS(=O)(=O)c1ccc(NC(=O)C2CCCN(C(=O)C(C)(C)C)C2)cc1. The predicted octanol–water partition coefficient (Wildman–Crippen LogP) is 2.22. The molecule has 168 valence electrons. The molecule has 9 heteroatoms. The minimum Gasteiger partial charge on any atom is -0.383 e. The van der Waals surface area contributed by atoms with E-state index < -0.39 is 15.4 Å². The lowest BCUT2D eigenvalue weighted by molar-refractivity contribution is -0.142. The molecule has 1 aromatic carbocycles. The average molecular weight is 440 g/mol. The summed E-state index contributed by atoms with van der Waals surface area (Å²) in [6, 6.07) is 5.67. The summed E-state index contributed by atoms with van der Waals surface area (Å²) in [6.07, 6.45) is 1.50. The Labute approximate surface area is 179 Å². The van der Waals surface area contributed by atoms with Crippen LogP contribution in [-0.4, -0.2) is 58.0 Å². The number of benzene rings is 1. The van der Waals surface area contributed by atoms with Crippen molar-refractivity contribution in [3.8, 4) is 0 Å². The Kier molecular flexibility index (Phi) is 8.01. The lowest BCUT2D eigenvalue weighted by Crippen LogP contribution is -2.47. The molecule has 1 heterocycles. The van der Waals surface area contributed by atoms with E-state index >= 15 is 0 Å². The standard InChI is InChI=1S/C21H33N3O5S/c1-15(14-29-5)23-30(27,28)18-10-8-17(9-11-18)22-19(25)16-7-6-12-24(13-16)20(26)21(2,3)4/h8-11,15-16,23H,6-7,12-14H2,1-5H3,(H,22,25). The van der Waals surface area contributed by atoms with Crippen molar-refractivity contribution in [1.29, 1.82) is 0 Å². The Morgan fingerprint density at radius 3 is 2.43 bits per heavy atom. The maximum absolute atomic E-state index is 12.7. The van der Waals surface area contributed by atoms with Gasteiger partial charge in [-0.25, -0.2) is 13.1 Å². The second kappa shape index (κ2) is 9.89. The van der Waals surface area contributed by atoms with Crippen LogP contribution in [0.15, 0.2) is 29.2 Å². The highest BCUT2D eigenvalue weighted by Crippen LogP contribution is 2.24. The number of rotatable bonds is 7. The molecule has 1 fully saturated rings. The molecule has 0 aliphatic carbocycles. The van der Waals surface area contributed by atoms with Crippen molar-refractivity contribution < 1.29 is 22.7 Å². The van der Waals surface area contributed by atoms with Crippen LogP contribution in [0.5, 0.6) is 0 Å². The van der Waals surface area contributed by atoms with E-state index in [1.807, 2.05) is 20.8 Å². The van der Waals surface area contributed by atoms with Gasteiger partial charge in [-0.1, -0.05) is 20.8 Å². The molecule has 2 unspecified atom stereocenters. The van der Waals surface area contributed by atoms with Crippen LogP contribution in [0.3, 0.4) is 0 Å². The number of amides is 2. The third-order valence-electron chi connectivity index (χ3n) is 4.93. The molecule has 0 saturated carbocycles. The van der Waals surface area contributed by atoms with Gasteiger partial charge in [-0.3, -0.25) is 9.59 Å². The molecule has 1 aromatic rings. The fraction of sp³-hybridized carbons (Fsp3) is 0.619. The van der Waals surface area contributed by atoms with Gasteiger partial charge in [0, 0.05) is 37.3 Å². The van der Waals surface area contributed by atoms with E-state index in [-0.39, 0.29) is 35.3 Å². The molecule has 1 aliphatic rings. The van der Waals surface area contributed by atoms with Crippen molar-refractivity contribution in [3.63, 3.8) is 0 Å². The second-order valence-corrected chi connectivity index (χ2v) is 10.5. The van der Waals surface area contributed by atoms with Crippen molar-refractivity contribution >= 4 is 27.5 Å². The van der Waals surface area contributed by atoms with Gasteiger partial charge in [0.25, 0.3) is 0 Å². The topological polar surface area (TPSA) is 105 Å². The lowest BCUT2D eigenvalue weighted by atomic mass is 9.91. The number of nitrogens with zero attached hydrogens (tertiary/aromatic N) is 1. The molecule has 8 nitrogen and oxygen atoms in total. The first-order chi connectivity index (χ1) is 13.9. The van der Waals surface area contributed by atoms with E-state index in [4.69, 9.17) is 4.74 Å². The average Bonchev–Trinajstić information content (AvgIpc) is 2.67. The maximum Gasteiger partial charge on any atom is 0.240 e. The van der Waals surface area contributed by atoms with Crippen molar-refractivity contribution in [2.75, 3.05) is 32.1 Å². The summed E-state index contributed by atoms with van der Waals surface area (Å²) < 4.78 is 32.3. The quantitative estimate of drug-likeness (QED) is 0.678. The Morgan fingerprint density at radius 2 is 1.87 bits per heavy atom. The number of carbonyl (C=O) groups excluding carboxylic acids is 2. The predicted molar refractivity (Wildman–Crippen MR) is 115 cm³/mol. The monoisotopic (exact) mass is 439 g/mol. The number of sulfonamides is 1. The van der Waals surface area contributed by atoms with Crippen molar-refractivity contribution in [1.82, 2.24) is 9.62 Å². The first-order valence-electron chi connectivity index (χ1n) is 10.2. The number of methoxy groups -OCH3 is 1. The highest BCUT2D eigenvalue weighted by Gasteiger charge is 2.33. The third-order valence-corrected chi connectivity index (χ3v) is 6.53. The molecule has 0 spiro atoms. The number of hydrogen-bond donors (Lipinski definition) is 2. The van der Waals surface area contributed by atoms with Gasteiger partial charge in [0.15, 0.2) is 0 Å². The maximum atomic E-state index is 12.7. The van der Waals surface area contributed by atoms with Crippen LogP contribution in [0.2, 0.25) is 0 Å². The van der Waals surface area contributed by atoms with Gasteiger partial charge in [0.05, 0.1) is 17.4 Å². The summed E-state index contributed by atoms with van der Waals surface area (Å²) in [5.41, 5.74) is 0.0391. The van der Waals surface area contributed by atoms with Gasteiger partial charge in [-0.2, -0.15) is 0 Å². The second-order valence-electron chi connectivity index (χ2n) is 8.83. The number of anilines is 1. The largest absolute Gasteiger partial charge is 0.383 e. The first-order valence-corrected chi connectivity index (χ1v) is 11.6. The Morgan fingerprint density at radius 1 is 1.23 bits per heavy atom. The summed E-state index contributed by atoms with van der Waals surface area (Å²) >= 11 is 0. The highest BCUT2D eigenvalue weighted by molar-refractivity contribution is 7.89. The van der Waals surface area contributed by atoms with Gasteiger partial charge >= 0.3 is 0 Å². The van der Waals surface area contributed by atoms with Crippen LogP contribution in [0.1, 0.15) is 40.5 Å². The van der Waals surface area contributed by atoms with Gasteiger partial charge < -0.3 is 15.0 Å². The van der Waals surface area contributed by atoms with Crippen LogP contribution in [0.25, 0.3) is 0 Å². The summed E-state index contributed by atoms with van der Waals surface area (Å²) in [5.74, 6) is -0.404. The van der Waals surface area contributed by atoms with E-state index in [1.54, 1.807) is 24.0 Å². The van der Waals surface area contributed by atoms with Gasteiger partial charge in [0.2, 0.25) is 21.8 Å². The zero-order valence-electron chi connectivity index (χ0n) is 18.4. The van der Waals surface area contributed by atoms with E-state index in [0.717, 1.165) is 6.42 Å².